The number of rotatable bonds is 9. The Morgan fingerprint density at radius 3 is 2.31 bits per heavy atom. The molecular weight excluding hydrogens is 472 g/mol. The summed E-state index contributed by atoms with van der Waals surface area (Å²) in [6.07, 6.45) is 0.906. The van der Waals surface area contributed by atoms with Gasteiger partial charge in [0.1, 0.15) is 6.54 Å². The van der Waals surface area contributed by atoms with Gasteiger partial charge in [0.15, 0.2) is 0 Å². The molecule has 0 aliphatic rings. The first-order valence-electron chi connectivity index (χ1n) is 10.5. The van der Waals surface area contributed by atoms with Crippen LogP contribution in [0.5, 0.6) is 0 Å². The first-order valence-corrected chi connectivity index (χ1v) is 12.3. The predicted molar refractivity (Wildman–Crippen MR) is 133 cm³/mol. The van der Waals surface area contributed by atoms with Crippen LogP contribution in [0.2, 0.25) is 0 Å². The van der Waals surface area contributed by atoms with Crippen LogP contribution in [0.3, 0.4) is 0 Å². The molecule has 3 aromatic carbocycles. The van der Waals surface area contributed by atoms with Crippen molar-refractivity contribution in [1.29, 1.82) is 0 Å². The Bertz CT molecular complexity index is 1360. The summed E-state index contributed by atoms with van der Waals surface area (Å²) in [5.74, 6) is -1.14. The second-order valence-electron chi connectivity index (χ2n) is 7.76. The number of carbonyl (C=O) groups excluding carboxylic acids is 2. The second-order valence-corrected chi connectivity index (χ2v) is 9.67. The summed E-state index contributed by atoms with van der Waals surface area (Å²) in [6, 6.07) is 19.4. The second kappa shape index (κ2) is 10.8. The topological polar surface area (TPSA) is 139 Å². The minimum Gasteiger partial charge on any atom is -0.348 e. The zero-order valence-electron chi connectivity index (χ0n) is 19.1. The van der Waals surface area contributed by atoms with Gasteiger partial charge in [-0.3, -0.25) is 24.0 Å². The lowest BCUT2D eigenvalue weighted by atomic mass is 10.1. The van der Waals surface area contributed by atoms with Gasteiger partial charge in [-0.2, -0.15) is 0 Å². The highest BCUT2D eigenvalue weighted by molar-refractivity contribution is 7.92. The normalized spacial score (nSPS) is 10.9. The fraction of sp³-hybridized carbons (Fsp3) is 0.167. The summed E-state index contributed by atoms with van der Waals surface area (Å²) >= 11 is 0. The number of nitro benzene ring substituents is 1. The summed E-state index contributed by atoms with van der Waals surface area (Å²) < 4.78 is 25.7. The van der Waals surface area contributed by atoms with E-state index in [1.807, 2.05) is 30.3 Å². The van der Waals surface area contributed by atoms with E-state index in [-0.39, 0.29) is 29.2 Å². The van der Waals surface area contributed by atoms with Crippen LogP contribution in [0.25, 0.3) is 0 Å². The number of anilines is 2. The molecule has 0 fully saturated rings. The van der Waals surface area contributed by atoms with Crippen molar-refractivity contribution in [2.45, 2.75) is 13.5 Å². The molecule has 0 aromatic heterocycles. The molecule has 35 heavy (non-hydrogen) atoms. The van der Waals surface area contributed by atoms with Crippen LogP contribution >= 0.6 is 0 Å². The molecule has 2 amide bonds. The van der Waals surface area contributed by atoms with E-state index in [2.05, 4.69) is 10.6 Å². The Morgan fingerprint density at radius 1 is 1.00 bits per heavy atom. The third kappa shape index (κ3) is 6.64. The zero-order chi connectivity index (χ0) is 25.6. The largest absolute Gasteiger partial charge is 0.348 e. The van der Waals surface area contributed by atoms with Crippen molar-refractivity contribution in [3.8, 4) is 0 Å². The molecule has 0 saturated carbocycles. The van der Waals surface area contributed by atoms with Gasteiger partial charge in [-0.15, -0.1) is 0 Å². The Balaban J connectivity index is 1.80. The van der Waals surface area contributed by atoms with E-state index in [1.54, 1.807) is 19.1 Å². The summed E-state index contributed by atoms with van der Waals surface area (Å²) in [5, 5.41) is 16.5. The van der Waals surface area contributed by atoms with Crippen LogP contribution in [0.4, 0.5) is 17.1 Å². The number of nitro groups is 1. The quantitative estimate of drug-likeness (QED) is 0.344. The smallest absolute Gasteiger partial charge is 0.271 e. The third-order valence-electron chi connectivity index (χ3n) is 5.10. The van der Waals surface area contributed by atoms with Gasteiger partial charge < -0.3 is 10.6 Å². The molecule has 0 aliphatic carbocycles. The number of benzene rings is 3. The van der Waals surface area contributed by atoms with Crippen LogP contribution in [0.15, 0.2) is 72.8 Å². The molecule has 0 spiro atoms. The van der Waals surface area contributed by atoms with Gasteiger partial charge >= 0.3 is 0 Å². The number of sulfonamides is 1. The monoisotopic (exact) mass is 496 g/mol. The van der Waals surface area contributed by atoms with E-state index in [4.69, 9.17) is 0 Å². The predicted octanol–water partition coefficient (Wildman–Crippen LogP) is 3.24. The number of carbonyl (C=O) groups is 2. The standard InChI is InChI=1S/C24H24N4O6S/c1-17-12-13-19(28(31)32)14-22(17)27(35(2,33)34)16-23(29)26-21-11-7-6-10-20(21)24(30)25-15-18-8-4-3-5-9-18/h3-14H,15-16H2,1-2H3,(H,25,30)(H,26,29). The highest BCUT2D eigenvalue weighted by atomic mass is 32.2. The first-order chi connectivity index (χ1) is 16.6. The van der Waals surface area contributed by atoms with Crippen molar-refractivity contribution in [3.05, 3.63) is 99.6 Å². The number of hydrogen-bond acceptors (Lipinski definition) is 6. The fourth-order valence-electron chi connectivity index (χ4n) is 3.34. The molecule has 3 rings (SSSR count). The van der Waals surface area contributed by atoms with Crippen LogP contribution in [0.1, 0.15) is 21.5 Å². The lowest BCUT2D eigenvalue weighted by Gasteiger charge is -2.23. The van der Waals surface area contributed by atoms with E-state index in [9.17, 15) is 28.1 Å². The van der Waals surface area contributed by atoms with Gasteiger partial charge in [-0.05, 0) is 30.2 Å². The number of amides is 2. The molecule has 10 nitrogen and oxygen atoms in total. The number of nitrogens with zero attached hydrogens (tertiary/aromatic N) is 2. The number of non-ortho nitro benzene ring substituents is 1. The van der Waals surface area contributed by atoms with E-state index in [0.29, 0.717) is 5.56 Å². The molecular formula is C24H24N4O6S. The van der Waals surface area contributed by atoms with Gasteiger partial charge in [-0.1, -0.05) is 48.5 Å². The van der Waals surface area contributed by atoms with Gasteiger partial charge in [0.05, 0.1) is 28.1 Å². The lowest BCUT2D eigenvalue weighted by molar-refractivity contribution is -0.384. The van der Waals surface area contributed by atoms with E-state index in [0.717, 1.165) is 22.2 Å². The molecule has 0 atom stereocenters. The summed E-state index contributed by atoms with van der Waals surface area (Å²) in [5.41, 5.74) is 1.46. The van der Waals surface area contributed by atoms with Crippen LogP contribution in [-0.2, 0) is 21.4 Å². The van der Waals surface area contributed by atoms with Crippen molar-refractivity contribution >= 4 is 38.9 Å². The minimum absolute atomic E-state index is 0.0192. The SMILES string of the molecule is Cc1ccc([N+](=O)[O-])cc1N(CC(=O)Nc1ccccc1C(=O)NCc1ccccc1)S(C)(=O)=O. The van der Waals surface area contributed by atoms with Crippen molar-refractivity contribution < 1.29 is 22.9 Å². The highest BCUT2D eigenvalue weighted by Crippen LogP contribution is 2.27. The van der Waals surface area contributed by atoms with E-state index < -0.39 is 33.3 Å². The molecule has 182 valence electrons. The minimum atomic E-state index is -3.97. The summed E-state index contributed by atoms with van der Waals surface area (Å²) in [7, 11) is -3.97. The molecule has 11 heteroatoms. The third-order valence-corrected chi connectivity index (χ3v) is 6.23. The average molecular weight is 497 g/mol. The molecule has 0 unspecified atom stereocenters. The zero-order valence-corrected chi connectivity index (χ0v) is 19.9. The Hall–Kier alpha value is -4.25. The molecule has 0 saturated heterocycles. The molecule has 0 aliphatic heterocycles. The molecule has 0 heterocycles. The van der Waals surface area contributed by atoms with E-state index in [1.165, 1.54) is 24.3 Å². The van der Waals surface area contributed by atoms with Crippen molar-refractivity contribution in [2.24, 2.45) is 0 Å². The summed E-state index contributed by atoms with van der Waals surface area (Å²) in [6.45, 7) is 1.23. The van der Waals surface area contributed by atoms with Crippen LogP contribution in [-0.4, -0.2) is 38.0 Å². The van der Waals surface area contributed by atoms with Gasteiger partial charge in [0.2, 0.25) is 15.9 Å². The van der Waals surface area contributed by atoms with Gasteiger partial charge in [-0.25, -0.2) is 8.42 Å². The lowest BCUT2D eigenvalue weighted by Crippen LogP contribution is -2.38. The maximum Gasteiger partial charge on any atom is 0.271 e. The molecule has 0 radical (unpaired) electrons. The van der Waals surface area contributed by atoms with Crippen molar-refractivity contribution in [3.63, 3.8) is 0 Å². The van der Waals surface area contributed by atoms with E-state index >= 15 is 0 Å². The fourth-order valence-corrected chi connectivity index (χ4v) is 4.25. The van der Waals surface area contributed by atoms with Crippen LogP contribution in [0, 0.1) is 17.0 Å². The Labute approximate surface area is 202 Å². The Morgan fingerprint density at radius 2 is 1.66 bits per heavy atom. The highest BCUT2D eigenvalue weighted by Gasteiger charge is 2.25. The Kier molecular flexibility index (Phi) is 7.82. The number of hydrogen-bond donors (Lipinski definition) is 2. The van der Waals surface area contributed by atoms with Gasteiger partial charge in [0.25, 0.3) is 11.6 Å². The van der Waals surface area contributed by atoms with Crippen LogP contribution < -0.4 is 14.9 Å². The maximum absolute atomic E-state index is 12.8. The molecule has 3 aromatic rings. The molecule has 0 bridgehead atoms. The number of para-hydroxylation sites is 1. The number of aryl methyl sites for hydroxylation is 1. The van der Waals surface area contributed by atoms with Gasteiger partial charge in [0, 0.05) is 18.7 Å². The average Bonchev–Trinajstić information content (AvgIpc) is 2.81. The molecule has 2 N–H and O–H groups in total. The number of nitrogens with one attached hydrogen (secondary N) is 2. The van der Waals surface area contributed by atoms with Crippen molar-refractivity contribution in [2.75, 3.05) is 22.4 Å². The maximum atomic E-state index is 12.8. The summed E-state index contributed by atoms with van der Waals surface area (Å²) in [4.78, 5) is 36.1. The van der Waals surface area contributed by atoms with Crippen molar-refractivity contribution in [1.82, 2.24) is 5.32 Å². The first kappa shape index (κ1) is 25.4.